The Hall–Kier alpha value is -1.11. The van der Waals surface area contributed by atoms with Crippen LogP contribution < -0.4 is 15.8 Å². The molecule has 3 nitrogen and oxygen atoms in total. The highest BCUT2D eigenvalue weighted by Gasteiger charge is 2.09. The van der Waals surface area contributed by atoms with Crippen molar-refractivity contribution < 1.29 is 4.74 Å². The molecule has 0 aliphatic rings. The van der Waals surface area contributed by atoms with Gasteiger partial charge in [-0.15, -0.1) is 0 Å². The van der Waals surface area contributed by atoms with E-state index >= 15 is 0 Å². The molecule has 104 valence electrons. The van der Waals surface area contributed by atoms with E-state index in [9.17, 15) is 0 Å². The molecular weight excluding hydrogens is 404 g/mol. The second kappa shape index (κ2) is 6.56. The highest BCUT2D eigenvalue weighted by Crippen LogP contribution is 2.32. The maximum Gasteiger partial charge on any atom is 0.142 e. The number of halogens is 2. The van der Waals surface area contributed by atoms with Gasteiger partial charge in [-0.25, -0.2) is 0 Å². The number of nitrogens with one attached hydrogen (secondary N) is 1. The van der Waals surface area contributed by atoms with Crippen LogP contribution in [0.1, 0.15) is 5.56 Å². The standard InChI is InChI=1S/C14H12Br2N2OS/c1-19-13-5-3-9(16)7-12(13)18-11-4-2-8(15)6-10(11)14(17)20/h2-7,18H,1H3,(H2,17,20). The predicted octanol–water partition coefficient (Wildman–Crippen LogP) is 4.60. The summed E-state index contributed by atoms with van der Waals surface area (Å²) in [6.45, 7) is 0. The fraction of sp³-hybridized carbons (Fsp3) is 0.0714. The first-order chi connectivity index (χ1) is 9.51. The van der Waals surface area contributed by atoms with E-state index in [2.05, 4.69) is 37.2 Å². The van der Waals surface area contributed by atoms with Gasteiger partial charge in [0.2, 0.25) is 0 Å². The lowest BCUT2D eigenvalue weighted by Gasteiger charge is -2.14. The summed E-state index contributed by atoms with van der Waals surface area (Å²) >= 11 is 11.9. The summed E-state index contributed by atoms with van der Waals surface area (Å²) in [5, 5.41) is 3.30. The van der Waals surface area contributed by atoms with Gasteiger partial charge in [-0.2, -0.15) is 0 Å². The lowest BCUT2D eigenvalue weighted by atomic mass is 10.1. The molecule has 0 spiro atoms. The molecule has 2 aromatic carbocycles. The Morgan fingerprint density at radius 2 is 1.75 bits per heavy atom. The number of ether oxygens (including phenoxy) is 1. The Kier molecular flexibility index (Phi) is 5.01. The van der Waals surface area contributed by atoms with Crippen molar-refractivity contribution in [3.8, 4) is 5.75 Å². The van der Waals surface area contributed by atoms with Crippen LogP contribution in [0.2, 0.25) is 0 Å². The molecule has 3 N–H and O–H groups in total. The molecule has 2 rings (SSSR count). The first-order valence-electron chi connectivity index (χ1n) is 5.71. The number of benzene rings is 2. The van der Waals surface area contributed by atoms with Crippen LogP contribution in [-0.2, 0) is 0 Å². The average Bonchev–Trinajstić information content (AvgIpc) is 2.41. The zero-order valence-corrected chi connectivity index (χ0v) is 14.6. The predicted molar refractivity (Wildman–Crippen MR) is 94.0 cm³/mol. The second-order valence-corrected chi connectivity index (χ2v) is 6.29. The number of anilines is 2. The lowest BCUT2D eigenvalue weighted by molar-refractivity contribution is 0.417. The average molecular weight is 416 g/mol. The quantitative estimate of drug-likeness (QED) is 0.716. The van der Waals surface area contributed by atoms with Crippen LogP contribution in [0.3, 0.4) is 0 Å². The molecule has 2 aromatic rings. The van der Waals surface area contributed by atoms with Gasteiger partial charge in [0.05, 0.1) is 12.8 Å². The zero-order valence-electron chi connectivity index (χ0n) is 10.6. The van der Waals surface area contributed by atoms with E-state index in [1.807, 2.05) is 36.4 Å². The topological polar surface area (TPSA) is 47.3 Å². The van der Waals surface area contributed by atoms with E-state index in [0.717, 1.165) is 31.6 Å². The number of rotatable bonds is 4. The molecule has 20 heavy (non-hydrogen) atoms. The Bertz CT molecular complexity index is 662. The van der Waals surface area contributed by atoms with Crippen molar-refractivity contribution in [1.82, 2.24) is 0 Å². The van der Waals surface area contributed by atoms with Gasteiger partial charge in [0.25, 0.3) is 0 Å². The fourth-order valence-electron chi connectivity index (χ4n) is 1.75. The van der Waals surface area contributed by atoms with Crippen molar-refractivity contribution in [2.75, 3.05) is 12.4 Å². The van der Waals surface area contributed by atoms with Crippen LogP contribution in [0.15, 0.2) is 45.3 Å². The summed E-state index contributed by atoms with van der Waals surface area (Å²) < 4.78 is 7.22. The third kappa shape index (κ3) is 3.50. The summed E-state index contributed by atoms with van der Waals surface area (Å²) in [6, 6.07) is 11.5. The lowest BCUT2D eigenvalue weighted by Crippen LogP contribution is -2.12. The summed E-state index contributed by atoms with van der Waals surface area (Å²) in [6.07, 6.45) is 0. The van der Waals surface area contributed by atoms with E-state index in [1.54, 1.807) is 7.11 Å². The third-order valence-electron chi connectivity index (χ3n) is 2.68. The Morgan fingerprint density at radius 1 is 1.10 bits per heavy atom. The molecule has 0 aromatic heterocycles. The summed E-state index contributed by atoms with van der Waals surface area (Å²) in [5.41, 5.74) is 8.21. The van der Waals surface area contributed by atoms with Crippen molar-refractivity contribution in [2.45, 2.75) is 0 Å². The summed E-state index contributed by atoms with van der Waals surface area (Å²) in [7, 11) is 1.63. The third-order valence-corrected chi connectivity index (χ3v) is 3.88. The van der Waals surface area contributed by atoms with Crippen molar-refractivity contribution in [3.63, 3.8) is 0 Å². The summed E-state index contributed by atoms with van der Waals surface area (Å²) in [5.74, 6) is 0.741. The largest absolute Gasteiger partial charge is 0.495 e. The molecule has 0 unspecified atom stereocenters. The van der Waals surface area contributed by atoms with Crippen LogP contribution >= 0.6 is 44.1 Å². The molecule has 0 atom stereocenters. The normalized spacial score (nSPS) is 10.2. The van der Waals surface area contributed by atoms with Gasteiger partial charge < -0.3 is 15.8 Å². The minimum Gasteiger partial charge on any atom is -0.495 e. The van der Waals surface area contributed by atoms with Crippen molar-refractivity contribution in [2.24, 2.45) is 5.73 Å². The van der Waals surface area contributed by atoms with Gasteiger partial charge >= 0.3 is 0 Å². The summed E-state index contributed by atoms with van der Waals surface area (Å²) in [4.78, 5) is 0.336. The minimum absolute atomic E-state index is 0.336. The van der Waals surface area contributed by atoms with Crippen molar-refractivity contribution in [1.29, 1.82) is 0 Å². The first kappa shape index (κ1) is 15.3. The van der Waals surface area contributed by atoms with Crippen LogP contribution in [0.4, 0.5) is 11.4 Å². The Balaban J connectivity index is 2.44. The maximum absolute atomic E-state index is 5.77. The molecule has 0 radical (unpaired) electrons. The smallest absolute Gasteiger partial charge is 0.142 e. The minimum atomic E-state index is 0.336. The number of thiocarbonyl (C=S) groups is 1. The molecule has 0 saturated carbocycles. The number of hydrogen-bond acceptors (Lipinski definition) is 3. The molecule has 0 saturated heterocycles. The molecular formula is C14H12Br2N2OS. The molecule has 6 heteroatoms. The number of methoxy groups -OCH3 is 1. The van der Waals surface area contributed by atoms with Gasteiger partial charge in [0, 0.05) is 20.2 Å². The van der Waals surface area contributed by atoms with Crippen LogP contribution in [-0.4, -0.2) is 12.1 Å². The van der Waals surface area contributed by atoms with Gasteiger partial charge in [0.1, 0.15) is 10.7 Å². The molecule has 0 amide bonds. The molecule has 0 bridgehead atoms. The Labute approximate surface area is 139 Å². The van der Waals surface area contributed by atoms with Gasteiger partial charge in [-0.1, -0.05) is 44.1 Å². The SMILES string of the molecule is COc1ccc(Br)cc1Nc1ccc(Br)cc1C(N)=S. The Morgan fingerprint density at radius 3 is 2.40 bits per heavy atom. The molecule has 0 fully saturated rings. The number of hydrogen-bond donors (Lipinski definition) is 2. The van der Waals surface area contributed by atoms with Gasteiger partial charge in [-0.05, 0) is 36.4 Å². The van der Waals surface area contributed by atoms with E-state index in [4.69, 9.17) is 22.7 Å². The van der Waals surface area contributed by atoms with Crippen LogP contribution in [0.25, 0.3) is 0 Å². The molecule has 0 aliphatic heterocycles. The maximum atomic E-state index is 5.77. The van der Waals surface area contributed by atoms with Crippen molar-refractivity contribution in [3.05, 3.63) is 50.9 Å². The highest BCUT2D eigenvalue weighted by atomic mass is 79.9. The number of nitrogens with two attached hydrogens (primary N) is 1. The fourth-order valence-corrected chi connectivity index (χ4v) is 2.64. The van der Waals surface area contributed by atoms with E-state index in [0.29, 0.717) is 4.99 Å². The molecule has 0 aliphatic carbocycles. The highest BCUT2D eigenvalue weighted by molar-refractivity contribution is 9.10. The zero-order chi connectivity index (χ0) is 14.7. The van der Waals surface area contributed by atoms with E-state index in [-0.39, 0.29) is 0 Å². The second-order valence-electron chi connectivity index (χ2n) is 4.02. The molecule has 0 heterocycles. The van der Waals surface area contributed by atoms with Crippen molar-refractivity contribution >= 4 is 60.4 Å². The van der Waals surface area contributed by atoms with Gasteiger partial charge in [0.15, 0.2) is 0 Å². The van der Waals surface area contributed by atoms with E-state index in [1.165, 1.54) is 0 Å². The monoisotopic (exact) mass is 414 g/mol. The first-order valence-corrected chi connectivity index (χ1v) is 7.70. The van der Waals surface area contributed by atoms with Crippen LogP contribution in [0.5, 0.6) is 5.75 Å². The van der Waals surface area contributed by atoms with Crippen LogP contribution in [0, 0.1) is 0 Å². The van der Waals surface area contributed by atoms with Gasteiger partial charge in [-0.3, -0.25) is 0 Å². The van der Waals surface area contributed by atoms with E-state index < -0.39 is 0 Å².